The second-order valence-electron chi connectivity index (χ2n) is 5.12. The van der Waals surface area contributed by atoms with Gasteiger partial charge in [0.25, 0.3) is 0 Å². The molecule has 0 aromatic carbocycles. The van der Waals surface area contributed by atoms with Gasteiger partial charge in [0.15, 0.2) is 5.92 Å². The Morgan fingerprint density at radius 3 is 2.25 bits per heavy atom. The minimum Gasteiger partial charge on any atom is -0.468 e. The predicted octanol–water partition coefficient (Wildman–Crippen LogP) is 1.63. The summed E-state index contributed by atoms with van der Waals surface area (Å²) in [6.07, 6.45) is 1.34. The molecule has 0 amide bonds. The van der Waals surface area contributed by atoms with Gasteiger partial charge in [0.2, 0.25) is 0 Å². The van der Waals surface area contributed by atoms with Crippen LogP contribution in [0.15, 0.2) is 12.7 Å². The second-order valence-corrected chi connectivity index (χ2v) is 5.12. The predicted molar refractivity (Wildman–Crippen MR) is 71.7 cm³/mol. The molecule has 0 aliphatic rings. The van der Waals surface area contributed by atoms with Crippen LogP contribution in [0.5, 0.6) is 0 Å². The van der Waals surface area contributed by atoms with E-state index in [0.717, 1.165) is 0 Å². The molecule has 0 rings (SSSR count). The molecule has 0 saturated carbocycles. The molecule has 0 aromatic heterocycles. The molecule has 0 spiro atoms. The molecule has 1 atom stereocenters. The summed E-state index contributed by atoms with van der Waals surface area (Å²) in [4.78, 5) is 34.8. The number of hydrogen-bond acceptors (Lipinski definition) is 6. The average Bonchev–Trinajstić information content (AvgIpc) is 2.33. The molecule has 0 fully saturated rings. The van der Waals surface area contributed by atoms with Crippen LogP contribution in [0.1, 0.15) is 33.6 Å². The molecule has 0 N–H and O–H groups in total. The summed E-state index contributed by atoms with van der Waals surface area (Å²) in [6.45, 7) is 8.58. The molecular weight excluding hydrogens is 264 g/mol. The standard InChI is InChI=1S/C14H22O6/c1-6-9-19-11(15)8-7-10(12(16)18-5)13(17)20-14(2,3)4/h6,10H,1,7-9H2,2-5H3. The highest BCUT2D eigenvalue weighted by molar-refractivity contribution is 5.95. The van der Waals surface area contributed by atoms with Gasteiger partial charge in [0, 0.05) is 6.42 Å². The molecule has 6 nitrogen and oxygen atoms in total. The van der Waals surface area contributed by atoms with Crippen molar-refractivity contribution in [2.24, 2.45) is 5.92 Å². The van der Waals surface area contributed by atoms with E-state index in [0.29, 0.717) is 0 Å². The van der Waals surface area contributed by atoms with Gasteiger partial charge in [0.1, 0.15) is 12.2 Å². The van der Waals surface area contributed by atoms with Crippen LogP contribution in [0.3, 0.4) is 0 Å². The highest BCUT2D eigenvalue weighted by Crippen LogP contribution is 2.17. The van der Waals surface area contributed by atoms with Crippen LogP contribution < -0.4 is 0 Å². The zero-order valence-electron chi connectivity index (χ0n) is 12.4. The summed E-state index contributed by atoms with van der Waals surface area (Å²) in [5.41, 5.74) is -0.716. The molecule has 0 aliphatic carbocycles. The summed E-state index contributed by atoms with van der Waals surface area (Å²) in [5, 5.41) is 0. The van der Waals surface area contributed by atoms with Crippen LogP contribution in [-0.2, 0) is 28.6 Å². The third-order valence-corrected chi connectivity index (χ3v) is 2.18. The Morgan fingerprint density at radius 2 is 1.80 bits per heavy atom. The summed E-state index contributed by atoms with van der Waals surface area (Å²) in [5.74, 6) is -3.07. The Bertz CT molecular complexity index is 366. The van der Waals surface area contributed by atoms with Crippen LogP contribution in [0.25, 0.3) is 0 Å². The monoisotopic (exact) mass is 286 g/mol. The first kappa shape index (κ1) is 18.1. The summed E-state index contributed by atoms with van der Waals surface area (Å²) in [7, 11) is 1.18. The van der Waals surface area contributed by atoms with Gasteiger partial charge in [-0.1, -0.05) is 12.7 Å². The van der Waals surface area contributed by atoms with Gasteiger partial charge in [-0.2, -0.15) is 0 Å². The number of carbonyl (C=O) groups excluding carboxylic acids is 3. The molecule has 0 bridgehead atoms. The van der Waals surface area contributed by atoms with Crippen molar-refractivity contribution in [3.8, 4) is 0 Å². The first-order valence-electron chi connectivity index (χ1n) is 6.28. The molecule has 0 aromatic rings. The first-order chi connectivity index (χ1) is 9.21. The molecule has 0 heterocycles. The van der Waals surface area contributed by atoms with Crippen molar-refractivity contribution < 1.29 is 28.6 Å². The molecular formula is C14H22O6. The van der Waals surface area contributed by atoms with Crippen molar-refractivity contribution in [1.82, 2.24) is 0 Å². The molecule has 1 unspecified atom stereocenters. The third kappa shape index (κ3) is 7.56. The molecule has 20 heavy (non-hydrogen) atoms. The zero-order chi connectivity index (χ0) is 15.8. The first-order valence-corrected chi connectivity index (χ1v) is 6.28. The minimum atomic E-state index is -1.13. The fraction of sp³-hybridized carbons (Fsp3) is 0.643. The van der Waals surface area contributed by atoms with E-state index >= 15 is 0 Å². The lowest BCUT2D eigenvalue weighted by Gasteiger charge is -2.22. The topological polar surface area (TPSA) is 78.9 Å². The van der Waals surface area contributed by atoms with Gasteiger partial charge in [-0.3, -0.25) is 14.4 Å². The molecule has 0 saturated heterocycles. The smallest absolute Gasteiger partial charge is 0.320 e. The average molecular weight is 286 g/mol. The van der Waals surface area contributed by atoms with Crippen LogP contribution in [0, 0.1) is 5.92 Å². The van der Waals surface area contributed by atoms with Crippen molar-refractivity contribution >= 4 is 17.9 Å². The quantitative estimate of drug-likeness (QED) is 0.306. The Hall–Kier alpha value is -1.85. The van der Waals surface area contributed by atoms with E-state index in [-0.39, 0.29) is 19.4 Å². The highest BCUT2D eigenvalue weighted by atomic mass is 16.6. The fourth-order valence-electron chi connectivity index (χ4n) is 1.33. The van der Waals surface area contributed by atoms with Gasteiger partial charge in [-0.25, -0.2) is 0 Å². The van der Waals surface area contributed by atoms with Crippen molar-refractivity contribution in [2.45, 2.75) is 39.2 Å². The summed E-state index contributed by atoms with van der Waals surface area (Å²) in [6, 6.07) is 0. The Labute approximate surface area is 119 Å². The number of ether oxygens (including phenoxy) is 3. The lowest BCUT2D eigenvalue weighted by Crippen LogP contribution is -2.33. The number of rotatable bonds is 7. The maximum absolute atomic E-state index is 11.9. The normalized spacial score (nSPS) is 12.2. The van der Waals surface area contributed by atoms with Crippen molar-refractivity contribution in [3.05, 3.63) is 12.7 Å². The molecule has 0 radical (unpaired) electrons. The van der Waals surface area contributed by atoms with Crippen LogP contribution in [0.4, 0.5) is 0 Å². The lowest BCUT2D eigenvalue weighted by atomic mass is 10.0. The van der Waals surface area contributed by atoms with Crippen molar-refractivity contribution in [3.63, 3.8) is 0 Å². The largest absolute Gasteiger partial charge is 0.468 e. The second kappa shape index (κ2) is 8.35. The Kier molecular flexibility index (Phi) is 7.57. The Morgan fingerprint density at radius 1 is 1.20 bits per heavy atom. The van der Waals surface area contributed by atoms with Crippen LogP contribution >= 0.6 is 0 Å². The summed E-state index contributed by atoms with van der Waals surface area (Å²) >= 11 is 0. The van der Waals surface area contributed by atoms with Crippen molar-refractivity contribution in [2.75, 3.05) is 13.7 Å². The number of esters is 3. The number of methoxy groups -OCH3 is 1. The maximum atomic E-state index is 11.9. The third-order valence-electron chi connectivity index (χ3n) is 2.18. The Balaban J connectivity index is 4.58. The van der Waals surface area contributed by atoms with E-state index in [2.05, 4.69) is 11.3 Å². The fourth-order valence-corrected chi connectivity index (χ4v) is 1.33. The van der Waals surface area contributed by atoms with E-state index in [1.165, 1.54) is 13.2 Å². The van der Waals surface area contributed by atoms with E-state index < -0.39 is 29.4 Å². The van der Waals surface area contributed by atoms with E-state index in [9.17, 15) is 14.4 Å². The van der Waals surface area contributed by atoms with Crippen LogP contribution in [0.2, 0.25) is 0 Å². The number of carbonyl (C=O) groups is 3. The van der Waals surface area contributed by atoms with Gasteiger partial charge in [-0.05, 0) is 27.2 Å². The SMILES string of the molecule is C=CCOC(=O)CCC(C(=O)OC)C(=O)OC(C)(C)C. The van der Waals surface area contributed by atoms with Gasteiger partial charge in [0.05, 0.1) is 7.11 Å². The van der Waals surface area contributed by atoms with Gasteiger partial charge in [-0.15, -0.1) is 0 Å². The zero-order valence-corrected chi connectivity index (χ0v) is 12.4. The molecule has 114 valence electrons. The lowest BCUT2D eigenvalue weighted by molar-refractivity contribution is -0.168. The maximum Gasteiger partial charge on any atom is 0.320 e. The van der Waals surface area contributed by atoms with Crippen LogP contribution in [-0.4, -0.2) is 37.2 Å². The molecule has 0 aliphatic heterocycles. The van der Waals surface area contributed by atoms with E-state index in [1.807, 2.05) is 0 Å². The molecule has 6 heteroatoms. The van der Waals surface area contributed by atoms with E-state index in [4.69, 9.17) is 9.47 Å². The minimum absolute atomic E-state index is 0.0163. The van der Waals surface area contributed by atoms with Gasteiger partial charge < -0.3 is 14.2 Å². The van der Waals surface area contributed by atoms with Crippen molar-refractivity contribution in [1.29, 1.82) is 0 Å². The van der Waals surface area contributed by atoms with E-state index in [1.54, 1.807) is 20.8 Å². The summed E-state index contributed by atoms with van der Waals surface area (Å²) < 4.78 is 14.5. The van der Waals surface area contributed by atoms with Gasteiger partial charge >= 0.3 is 17.9 Å². The highest BCUT2D eigenvalue weighted by Gasteiger charge is 2.32. The number of hydrogen-bond donors (Lipinski definition) is 0.